The zero-order valence-corrected chi connectivity index (χ0v) is 21.3. The number of carbonyl (C=O) groups excluding carboxylic acids is 1. The molecule has 1 aliphatic carbocycles. The summed E-state index contributed by atoms with van der Waals surface area (Å²) in [5, 5.41) is 3.10. The van der Waals surface area contributed by atoms with Crippen molar-refractivity contribution in [2.24, 2.45) is 11.8 Å². The van der Waals surface area contributed by atoms with E-state index in [0.717, 1.165) is 35.0 Å². The van der Waals surface area contributed by atoms with Gasteiger partial charge in [-0.1, -0.05) is 87.4 Å². The van der Waals surface area contributed by atoms with Crippen molar-refractivity contribution in [2.75, 3.05) is 0 Å². The predicted molar refractivity (Wildman–Crippen MR) is 143 cm³/mol. The molecule has 0 saturated heterocycles. The number of aromatic nitrogens is 4. The van der Waals surface area contributed by atoms with Crippen molar-refractivity contribution < 1.29 is 4.79 Å². The fraction of sp³-hybridized carbons (Fsp3) is 0.379. The maximum Gasteiger partial charge on any atom is 0.333 e. The van der Waals surface area contributed by atoms with Crippen molar-refractivity contribution in [3.63, 3.8) is 0 Å². The second kappa shape index (κ2) is 10.6. The minimum Gasteiger partial charge on any atom is -0.352 e. The Morgan fingerprint density at radius 2 is 1.57 bits per heavy atom. The summed E-state index contributed by atoms with van der Waals surface area (Å²) in [5.74, 6) is 0.553. The molecule has 0 bridgehead atoms. The fourth-order valence-corrected chi connectivity index (χ4v) is 5.37. The zero-order valence-electron chi connectivity index (χ0n) is 21.3. The standard InChI is InChI=1S/C29H33N5O3/c1-20-10-9-15-24(21(20)2)31-25(35)18-34-28(36)26-27(30-19-32(26)16-22-11-5-3-6-12-22)33(29(34)37)17-23-13-7-4-8-14-23/h3-8,11-14,19-21,24H,9-10,15-18H2,1-2H3,(H,31,35). The molecule has 8 nitrogen and oxygen atoms in total. The van der Waals surface area contributed by atoms with Gasteiger partial charge in [-0.05, 0) is 29.4 Å². The second-order valence-corrected chi connectivity index (χ2v) is 10.2. The number of fused-ring (bicyclic) bond motifs is 1. The highest BCUT2D eigenvalue weighted by Crippen LogP contribution is 2.29. The van der Waals surface area contributed by atoms with Crippen LogP contribution in [0.3, 0.4) is 0 Å². The molecule has 192 valence electrons. The van der Waals surface area contributed by atoms with Gasteiger partial charge in [0.05, 0.1) is 12.9 Å². The summed E-state index contributed by atoms with van der Waals surface area (Å²) >= 11 is 0. The van der Waals surface area contributed by atoms with Crippen molar-refractivity contribution in [3.05, 3.63) is 99.0 Å². The molecule has 4 aromatic rings. The smallest absolute Gasteiger partial charge is 0.333 e. The van der Waals surface area contributed by atoms with Gasteiger partial charge in [-0.25, -0.2) is 14.3 Å². The van der Waals surface area contributed by atoms with E-state index in [0.29, 0.717) is 29.5 Å². The lowest BCUT2D eigenvalue weighted by Crippen LogP contribution is -2.48. The Bertz CT molecular complexity index is 1500. The Labute approximate surface area is 215 Å². The molecular weight excluding hydrogens is 466 g/mol. The van der Waals surface area contributed by atoms with Gasteiger partial charge >= 0.3 is 5.69 Å². The number of nitrogens with one attached hydrogen (secondary N) is 1. The minimum atomic E-state index is -0.536. The van der Waals surface area contributed by atoms with Gasteiger partial charge in [0.25, 0.3) is 5.56 Å². The third-order valence-corrected chi connectivity index (χ3v) is 7.72. The van der Waals surface area contributed by atoms with Gasteiger partial charge in [0.2, 0.25) is 5.91 Å². The van der Waals surface area contributed by atoms with E-state index in [2.05, 4.69) is 24.1 Å². The molecule has 3 atom stereocenters. The van der Waals surface area contributed by atoms with Gasteiger partial charge in [0, 0.05) is 12.6 Å². The molecule has 8 heteroatoms. The molecule has 37 heavy (non-hydrogen) atoms. The van der Waals surface area contributed by atoms with Crippen LogP contribution in [0.5, 0.6) is 0 Å². The van der Waals surface area contributed by atoms with Crippen LogP contribution in [0.2, 0.25) is 0 Å². The first-order valence-corrected chi connectivity index (χ1v) is 13.0. The third-order valence-electron chi connectivity index (χ3n) is 7.72. The van der Waals surface area contributed by atoms with E-state index in [1.807, 2.05) is 60.7 Å². The van der Waals surface area contributed by atoms with Crippen LogP contribution in [0.15, 0.2) is 76.6 Å². The first kappa shape index (κ1) is 24.7. The largest absolute Gasteiger partial charge is 0.352 e. The second-order valence-electron chi connectivity index (χ2n) is 10.2. The van der Waals surface area contributed by atoms with Gasteiger partial charge in [-0.15, -0.1) is 0 Å². The van der Waals surface area contributed by atoms with E-state index in [1.54, 1.807) is 10.9 Å². The number of hydrogen-bond acceptors (Lipinski definition) is 4. The van der Waals surface area contributed by atoms with Crippen LogP contribution >= 0.6 is 0 Å². The maximum absolute atomic E-state index is 13.7. The molecule has 0 radical (unpaired) electrons. The van der Waals surface area contributed by atoms with Crippen LogP contribution in [0.1, 0.15) is 44.2 Å². The number of benzene rings is 2. The van der Waals surface area contributed by atoms with Gasteiger partial charge in [-0.3, -0.25) is 14.2 Å². The van der Waals surface area contributed by atoms with Crippen molar-refractivity contribution in [2.45, 2.75) is 58.8 Å². The summed E-state index contributed by atoms with van der Waals surface area (Å²) in [4.78, 5) is 44.9. The quantitative estimate of drug-likeness (QED) is 0.422. The minimum absolute atomic E-state index is 0.0471. The van der Waals surface area contributed by atoms with Gasteiger partial charge in [-0.2, -0.15) is 0 Å². The van der Waals surface area contributed by atoms with Crippen LogP contribution in [-0.4, -0.2) is 30.6 Å². The molecule has 1 fully saturated rings. The maximum atomic E-state index is 13.7. The van der Waals surface area contributed by atoms with E-state index in [1.165, 1.54) is 4.57 Å². The molecule has 2 aromatic carbocycles. The zero-order chi connectivity index (χ0) is 25.9. The molecule has 1 N–H and O–H groups in total. The average molecular weight is 500 g/mol. The number of imidazole rings is 1. The van der Waals surface area contributed by atoms with E-state index in [4.69, 9.17) is 0 Å². The number of hydrogen-bond donors (Lipinski definition) is 1. The van der Waals surface area contributed by atoms with Crippen LogP contribution in [0, 0.1) is 11.8 Å². The van der Waals surface area contributed by atoms with E-state index in [-0.39, 0.29) is 25.0 Å². The van der Waals surface area contributed by atoms with Gasteiger partial charge in [0.1, 0.15) is 6.54 Å². The molecule has 3 unspecified atom stereocenters. The Morgan fingerprint density at radius 3 is 2.24 bits per heavy atom. The normalized spacial score (nSPS) is 19.7. The lowest BCUT2D eigenvalue weighted by Gasteiger charge is -2.34. The lowest BCUT2D eigenvalue weighted by atomic mass is 9.78. The fourth-order valence-electron chi connectivity index (χ4n) is 5.37. The summed E-state index contributed by atoms with van der Waals surface area (Å²) < 4.78 is 4.31. The molecule has 0 spiro atoms. The predicted octanol–water partition coefficient (Wildman–Crippen LogP) is 3.40. The Balaban J connectivity index is 1.55. The van der Waals surface area contributed by atoms with Crippen LogP contribution in [-0.2, 0) is 24.4 Å². The van der Waals surface area contributed by atoms with E-state index in [9.17, 15) is 14.4 Å². The topological polar surface area (TPSA) is 90.9 Å². The Hall–Kier alpha value is -3.94. The van der Waals surface area contributed by atoms with E-state index >= 15 is 0 Å². The molecule has 0 aliphatic heterocycles. The average Bonchev–Trinajstić information content (AvgIpc) is 3.32. The van der Waals surface area contributed by atoms with Crippen LogP contribution < -0.4 is 16.6 Å². The summed E-state index contributed by atoms with van der Waals surface area (Å²) in [6.45, 7) is 4.72. The summed E-state index contributed by atoms with van der Waals surface area (Å²) in [5.41, 5.74) is 1.51. The van der Waals surface area contributed by atoms with Crippen LogP contribution in [0.4, 0.5) is 0 Å². The Morgan fingerprint density at radius 1 is 0.919 bits per heavy atom. The number of nitrogens with zero attached hydrogens (tertiary/aromatic N) is 4. The first-order chi connectivity index (χ1) is 17.9. The van der Waals surface area contributed by atoms with E-state index < -0.39 is 11.2 Å². The Kier molecular flexibility index (Phi) is 7.08. The monoisotopic (exact) mass is 499 g/mol. The molecule has 2 heterocycles. The first-order valence-electron chi connectivity index (χ1n) is 13.0. The van der Waals surface area contributed by atoms with Crippen molar-refractivity contribution >= 4 is 17.1 Å². The van der Waals surface area contributed by atoms with Crippen LogP contribution in [0.25, 0.3) is 11.2 Å². The summed E-state index contributed by atoms with van der Waals surface area (Å²) in [6.07, 6.45) is 4.72. The molecule has 5 rings (SSSR count). The van der Waals surface area contributed by atoms with Crippen molar-refractivity contribution in [3.8, 4) is 0 Å². The van der Waals surface area contributed by atoms with Gasteiger partial charge < -0.3 is 9.88 Å². The number of carbonyl (C=O) groups is 1. The summed E-state index contributed by atoms with van der Waals surface area (Å²) in [6, 6.07) is 19.4. The molecule has 2 aromatic heterocycles. The lowest BCUT2D eigenvalue weighted by molar-refractivity contribution is -0.123. The van der Waals surface area contributed by atoms with Crippen molar-refractivity contribution in [1.29, 1.82) is 0 Å². The summed E-state index contributed by atoms with van der Waals surface area (Å²) in [7, 11) is 0. The highest BCUT2D eigenvalue weighted by Gasteiger charge is 2.29. The third kappa shape index (κ3) is 5.14. The molecule has 1 aliphatic rings. The van der Waals surface area contributed by atoms with Crippen molar-refractivity contribution in [1.82, 2.24) is 24.0 Å². The number of amides is 1. The highest BCUT2D eigenvalue weighted by molar-refractivity contribution is 5.77. The molecule has 1 saturated carbocycles. The van der Waals surface area contributed by atoms with Gasteiger partial charge in [0.15, 0.2) is 11.2 Å². The SMILES string of the molecule is CC1CCCC(NC(=O)Cn2c(=O)c3c(ncn3Cc3ccccc3)n(Cc3ccccc3)c2=O)C1C. The number of rotatable bonds is 7. The molecule has 1 amide bonds. The highest BCUT2D eigenvalue weighted by atomic mass is 16.2. The molecular formula is C29H33N5O3.